The second kappa shape index (κ2) is 6.13. The number of pyridine rings is 1. The molecule has 1 aliphatic rings. The largest absolute Gasteiger partial charge is 0.383 e. The zero-order valence-electron chi connectivity index (χ0n) is 6.70. The molecule has 1 aliphatic heterocycles. The summed E-state index contributed by atoms with van der Waals surface area (Å²) in [5, 5.41) is 3.16. The summed E-state index contributed by atoms with van der Waals surface area (Å²) in [4.78, 5) is 13.5. The summed E-state index contributed by atoms with van der Waals surface area (Å²) in [5.74, 6) is 0. The first-order valence-corrected chi connectivity index (χ1v) is 3.32. The lowest BCUT2D eigenvalue weighted by Gasteiger charge is -1.94. The fourth-order valence-electron chi connectivity index (χ4n) is 1.20. The normalized spacial score (nSPS) is 11.1. The molecule has 0 fully saturated rings. The second-order valence-corrected chi connectivity index (χ2v) is 2.39. The van der Waals surface area contributed by atoms with E-state index in [0.29, 0.717) is 0 Å². The van der Waals surface area contributed by atoms with Gasteiger partial charge >= 0.3 is 0 Å². The molecule has 1 aromatic heterocycles. The molecule has 0 amide bonds. The third kappa shape index (κ3) is 3.10. The van der Waals surface area contributed by atoms with Crippen LogP contribution in [0.2, 0.25) is 0 Å². The van der Waals surface area contributed by atoms with Crippen LogP contribution in [-0.2, 0) is 6.42 Å². The molecule has 76 valence electrons. The maximum Gasteiger partial charge on any atom is 0.248 e. The molecule has 3 nitrogen and oxygen atoms in total. The molecule has 0 spiro atoms. The third-order valence-electron chi connectivity index (χ3n) is 1.69. The minimum atomic E-state index is -0.0116. The maximum atomic E-state index is 10.7. The van der Waals surface area contributed by atoms with Crippen molar-refractivity contribution in [3.8, 4) is 0 Å². The van der Waals surface area contributed by atoms with Gasteiger partial charge in [0.2, 0.25) is 5.56 Å². The van der Waals surface area contributed by atoms with Crippen molar-refractivity contribution < 1.29 is 0 Å². The Balaban J connectivity index is 0. The Kier molecular flexibility index (Phi) is 7.13. The fraction of sp³-hybridized carbons (Fsp3) is 0.286. The van der Waals surface area contributed by atoms with Gasteiger partial charge in [0.05, 0.1) is 5.69 Å². The van der Waals surface area contributed by atoms with Gasteiger partial charge in [0, 0.05) is 24.7 Å². The number of H-pyrrole nitrogens is 1. The molecule has 2 heterocycles. The molecule has 0 saturated heterocycles. The molecule has 0 saturated carbocycles. The Morgan fingerprint density at radius 3 is 2.54 bits per heavy atom. The van der Waals surface area contributed by atoms with Crippen molar-refractivity contribution >= 4 is 42.9 Å². The number of fused-ring (bicyclic) bond motifs is 1. The van der Waals surface area contributed by atoms with E-state index >= 15 is 0 Å². The van der Waals surface area contributed by atoms with Crippen LogP contribution in [0.4, 0.5) is 5.69 Å². The Labute approximate surface area is 94.5 Å². The molecule has 1 aromatic rings. The molecule has 0 radical (unpaired) electrons. The van der Waals surface area contributed by atoms with Gasteiger partial charge in [-0.1, -0.05) is 0 Å². The Bertz CT molecular complexity index is 313. The summed E-state index contributed by atoms with van der Waals surface area (Å²) in [6.45, 7) is 0.940. The predicted octanol–water partition coefficient (Wildman–Crippen LogP) is 1.61. The van der Waals surface area contributed by atoms with Gasteiger partial charge < -0.3 is 10.3 Å². The number of hydrogen-bond acceptors (Lipinski definition) is 2. The maximum absolute atomic E-state index is 10.7. The van der Waals surface area contributed by atoms with Crippen molar-refractivity contribution in [2.45, 2.75) is 6.42 Å². The summed E-state index contributed by atoms with van der Waals surface area (Å²) in [6, 6.07) is 3.36. The van der Waals surface area contributed by atoms with Crippen LogP contribution in [0.3, 0.4) is 0 Å². The smallest absolute Gasteiger partial charge is 0.248 e. The van der Waals surface area contributed by atoms with E-state index in [4.69, 9.17) is 0 Å². The van der Waals surface area contributed by atoms with Crippen molar-refractivity contribution in [1.29, 1.82) is 0 Å². The van der Waals surface area contributed by atoms with Crippen LogP contribution in [0.1, 0.15) is 5.69 Å². The van der Waals surface area contributed by atoms with Gasteiger partial charge in [0.25, 0.3) is 0 Å². The molecule has 0 bridgehead atoms. The van der Waals surface area contributed by atoms with Gasteiger partial charge in [-0.15, -0.1) is 37.2 Å². The molecule has 2 N–H and O–H groups in total. The quantitative estimate of drug-likeness (QED) is 0.729. The zero-order chi connectivity index (χ0) is 6.97. The Hall–Kier alpha value is -0.380. The number of rotatable bonds is 0. The van der Waals surface area contributed by atoms with Crippen LogP contribution in [0.5, 0.6) is 0 Å². The lowest BCUT2D eigenvalue weighted by Crippen LogP contribution is -2.04. The summed E-state index contributed by atoms with van der Waals surface area (Å²) >= 11 is 0. The van der Waals surface area contributed by atoms with Gasteiger partial charge in [-0.3, -0.25) is 4.79 Å². The van der Waals surface area contributed by atoms with E-state index in [-0.39, 0.29) is 42.8 Å². The molecule has 0 aromatic carbocycles. The number of halogens is 3. The number of anilines is 1. The van der Waals surface area contributed by atoms with Crippen LogP contribution in [0.25, 0.3) is 0 Å². The van der Waals surface area contributed by atoms with Crippen LogP contribution in [-0.4, -0.2) is 11.5 Å². The van der Waals surface area contributed by atoms with Gasteiger partial charge in [-0.25, -0.2) is 0 Å². The highest BCUT2D eigenvalue weighted by molar-refractivity contribution is 5.86. The van der Waals surface area contributed by atoms with E-state index in [1.165, 1.54) is 6.07 Å². The average molecular weight is 246 g/mol. The molecule has 0 aliphatic carbocycles. The Morgan fingerprint density at radius 2 is 1.85 bits per heavy atom. The highest BCUT2D eigenvalue weighted by Crippen LogP contribution is 2.15. The first-order chi connectivity index (χ1) is 4.86. The van der Waals surface area contributed by atoms with E-state index in [2.05, 4.69) is 10.3 Å². The van der Waals surface area contributed by atoms with Crippen LogP contribution >= 0.6 is 37.2 Å². The van der Waals surface area contributed by atoms with E-state index < -0.39 is 0 Å². The number of aromatic nitrogens is 1. The van der Waals surface area contributed by atoms with E-state index in [1.807, 2.05) is 6.07 Å². The van der Waals surface area contributed by atoms with Gasteiger partial charge in [0.15, 0.2) is 0 Å². The van der Waals surface area contributed by atoms with Crippen molar-refractivity contribution in [2.24, 2.45) is 0 Å². The van der Waals surface area contributed by atoms with Gasteiger partial charge in [-0.05, 0) is 6.07 Å². The molecular formula is C7H11Cl3N2O. The first kappa shape index (κ1) is 15.1. The van der Waals surface area contributed by atoms with Gasteiger partial charge in [0.1, 0.15) is 0 Å². The standard InChI is InChI=1S/C7H8N2O.3ClH/c10-7-2-1-5-6(9-7)3-4-8-5;;;/h1-2,8H,3-4H2,(H,9,10);3*1H. The van der Waals surface area contributed by atoms with E-state index in [0.717, 1.165) is 24.3 Å². The highest BCUT2D eigenvalue weighted by Gasteiger charge is 2.08. The van der Waals surface area contributed by atoms with Crippen LogP contribution < -0.4 is 10.9 Å². The van der Waals surface area contributed by atoms with E-state index in [1.54, 1.807) is 0 Å². The number of aromatic amines is 1. The van der Waals surface area contributed by atoms with Gasteiger partial charge in [-0.2, -0.15) is 0 Å². The number of hydrogen-bond donors (Lipinski definition) is 2. The highest BCUT2D eigenvalue weighted by atomic mass is 35.5. The SMILES string of the molecule is Cl.Cl.Cl.O=c1ccc2c([nH]1)CCN2. The molecule has 2 rings (SSSR count). The second-order valence-electron chi connectivity index (χ2n) is 2.39. The summed E-state index contributed by atoms with van der Waals surface area (Å²) in [5.41, 5.74) is 2.09. The summed E-state index contributed by atoms with van der Waals surface area (Å²) < 4.78 is 0. The summed E-state index contributed by atoms with van der Waals surface area (Å²) in [7, 11) is 0. The molecule has 0 atom stereocenters. The molecule has 6 heteroatoms. The zero-order valence-corrected chi connectivity index (χ0v) is 9.15. The predicted molar refractivity (Wildman–Crippen MR) is 61.0 cm³/mol. The minimum Gasteiger partial charge on any atom is -0.383 e. The van der Waals surface area contributed by atoms with Crippen molar-refractivity contribution in [3.05, 3.63) is 28.2 Å². The minimum absolute atomic E-state index is 0. The third-order valence-corrected chi connectivity index (χ3v) is 1.69. The summed E-state index contributed by atoms with van der Waals surface area (Å²) in [6.07, 6.45) is 0.936. The van der Waals surface area contributed by atoms with E-state index in [9.17, 15) is 4.79 Å². The van der Waals surface area contributed by atoms with Crippen molar-refractivity contribution in [2.75, 3.05) is 11.9 Å². The topological polar surface area (TPSA) is 44.9 Å². The molecular weight excluding hydrogens is 234 g/mol. The van der Waals surface area contributed by atoms with Crippen LogP contribution in [0, 0.1) is 0 Å². The lowest BCUT2D eigenvalue weighted by atomic mass is 10.3. The fourth-order valence-corrected chi connectivity index (χ4v) is 1.20. The Morgan fingerprint density at radius 1 is 1.15 bits per heavy atom. The molecule has 13 heavy (non-hydrogen) atoms. The van der Waals surface area contributed by atoms with Crippen LogP contribution in [0.15, 0.2) is 16.9 Å². The van der Waals surface area contributed by atoms with Crippen molar-refractivity contribution in [3.63, 3.8) is 0 Å². The van der Waals surface area contributed by atoms with Crippen molar-refractivity contribution in [1.82, 2.24) is 4.98 Å². The monoisotopic (exact) mass is 244 g/mol. The average Bonchev–Trinajstić information content (AvgIpc) is 2.33. The number of nitrogens with one attached hydrogen (secondary N) is 2. The molecule has 0 unspecified atom stereocenters. The lowest BCUT2D eigenvalue weighted by molar-refractivity contribution is 1.03. The first-order valence-electron chi connectivity index (χ1n) is 3.32.